The molecular formula is C13H18ClFN2. The maximum atomic E-state index is 13.9. The topological polar surface area (TPSA) is 29.3 Å². The van der Waals surface area contributed by atoms with Gasteiger partial charge in [0.25, 0.3) is 0 Å². The standard InChI is InChI=1S/C13H18ClFN2/c1-2-7-17-8-6-11(16)13(17)12-9(14)4-3-5-10(12)15/h3-5,11,13H,2,6-8,16H2,1H3. The number of hydrogen-bond donors (Lipinski definition) is 1. The predicted molar refractivity (Wildman–Crippen MR) is 68.6 cm³/mol. The monoisotopic (exact) mass is 256 g/mol. The number of halogens is 2. The van der Waals surface area contributed by atoms with E-state index >= 15 is 0 Å². The zero-order valence-corrected chi connectivity index (χ0v) is 10.8. The molecule has 0 radical (unpaired) electrons. The van der Waals surface area contributed by atoms with Gasteiger partial charge >= 0.3 is 0 Å². The molecular weight excluding hydrogens is 239 g/mol. The van der Waals surface area contributed by atoms with Gasteiger partial charge in [0.2, 0.25) is 0 Å². The second-order valence-electron chi connectivity index (χ2n) is 4.57. The highest BCUT2D eigenvalue weighted by atomic mass is 35.5. The molecule has 0 amide bonds. The van der Waals surface area contributed by atoms with Gasteiger partial charge in [-0.05, 0) is 31.5 Å². The van der Waals surface area contributed by atoms with Gasteiger partial charge in [0.15, 0.2) is 0 Å². The second-order valence-corrected chi connectivity index (χ2v) is 4.98. The van der Waals surface area contributed by atoms with Crippen molar-refractivity contribution in [2.24, 2.45) is 5.73 Å². The van der Waals surface area contributed by atoms with E-state index in [2.05, 4.69) is 11.8 Å². The smallest absolute Gasteiger partial charge is 0.129 e. The molecule has 2 N–H and O–H groups in total. The lowest BCUT2D eigenvalue weighted by molar-refractivity contribution is 0.243. The molecule has 2 unspecified atom stereocenters. The Kier molecular flexibility index (Phi) is 4.02. The van der Waals surface area contributed by atoms with Crippen LogP contribution in [0.15, 0.2) is 18.2 Å². The molecule has 1 saturated heterocycles. The van der Waals surface area contributed by atoms with Crippen LogP contribution in [0.25, 0.3) is 0 Å². The third-order valence-electron chi connectivity index (χ3n) is 3.35. The van der Waals surface area contributed by atoms with Crippen LogP contribution >= 0.6 is 11.6 Å². The average molecular weight is 257 g/mol. The van der Waals surface area contributed by atoms with Crippen LogP contribution in [0, 0.1) is 5.82 Å². The average Bonchev–Trinajstić information content (AvgIpc) is 2.62. The van der Waals surface area contributed by atoms with Crippen LogP contribution < -0.4 is 5.73 Å². The van der Waals surface area contributed by atoms with Crippen molar-refractivity contribution in [3.63, 3.8) is 0 Å². The largest absolute Gasteiger partial charge is 0.326 e. The summed E-state index contributed by atoms with van der Waals surface area (Å²) in [5, 5.41) is 0.480. The summed E-state index contributed by atoms with van der Waals surface area (Å²) in [7, 11) is 0. The molecule has 1 fully saturated rings. The second kappa shape index (κ2) is 5.34. The van der Waals surface area contributed by atoms with Crippen molar-refractivity contribution in [1.29, 1.82) is 0 Å². The van der Waals surface area contributed by atoms with E-state index in [1.165, 1.54) is 6.07 Å². The molecule has 0 aromatic heterocycles. The van der Waals surface area contributed by atoms with E-state index in [0.717, 1.165) is 25.9 Å². The highest BCUT2D eigenvalue weighted by Crippen LogP contribution is 2.36. The summed E-state index contributed by atoms with van der Waals surface area (Å²) in [6.45, 7) is 3.97. The third-order valence-corrected chi connectivity index (χ3v) is 3.68. The van der Waals surface area contributed by atoms with Gasteiger partial charge in [-0.25, -0.2) is 4.39 Å². The SMILES string of the molecule is CCCN1CCC(N)C1c1c(F)cccc1Cl. The van der Waals surface area contributed by atoms with Crippen LogP contribution in [0.3, 0.4) is 0 Å². The highest BCUT2D eigenvalue weighted by Gasteiger charge is 2.35. The Morgan fingerprint density at radius 2 is 2.29 bits per heavy atom. The van der Waals surface area contributed by atoms with Crippen molar-refractivity contribution in [2.45, 2.75) is 31.8 Å². The molecule has 0 bridgehead atoms. The minimum atomic E-state index is -0.249. The molecule has 2 nitrogen and oxygen atoms in total. The summed E-state index contributed by atoms with van der Waals surface area (Å²) >= 11 is 6.12. The maximum Gasteiger partial charge on any atom is 0.129 e. The first-order chi connectivity index (χ1) is 8.15. The first-order valence-electron chi connectivity index (χ1n) is 6.08. The van der Waals surface area contributed by atoms with Gasteiger partial charge in [-0.3, -0.25) is 4.90 Å². The summed E-state index contributed by atoms with van der Waals surface area (Å²) in [6.07, 6.45) is 1.94. The lowest BCUT2D eigenvalue weighted by Crippen LogP contribution is -2.33. The number of nitrogens with zero attached hydrogens (tertiary/aromatic N) is 1. The fourth-order valence-corrected chi connectivity index (χ4v) is 2.89. The minimum Gasteiger partial charge on any atom is -0.326 e. The normalized spacial score (nSPS) is 25.4. The molecule has 94 valence electrons. The van der Waals surface area contributed by atoms with Crippen LogP contribution in [0.4, 0.5) is 4.39 Å². The van der Waals surface area contributed by atoms with Crippen LogP contribution in [-0.2, 0) is 0 Å². The summed E-state index contributed by atoms with van der Waals surface area (Å²) < 4.78 is 13.9. The van der Waals surface area contributed by atoms with Gasteiger partial charge in [0.1, 0.15) is 5.82 Å². The fraction of sp³-hybridized carbons (Fsp3) is 0.538. The van der Waals surface area contributed by atoms with Crippen LogP contribution in [0.5, 0.6) is 0 Å². The Balaban J connectivity index is 2.36. The Hall–Kier alpha value is -0.640. The van der Waals surface area contributed by atoms with E-state index < -0.39 is 0 Å². The van der Waals surface area contributed by atoms with Gasteiger partial charge in [-0.15, -0.1) is 0 Å². The first-order valence-corrected chi connectivity index (χ1v) is 6.46. The van der Waals surface area contributed by atoms with Crippen molar-refractivity contribution < 1.29 is 4.39 Å². The van der Waals surface area contributed by atoms with Crippen molar-refractivity contribution in [3.8, 4) is 0 Å². The molecule has 1 heterocycles. The van der Waals surface area contributed by atoms with Crippen molar-refractivity contribution >= 4 is 11.6 Å². The number of nitrogens with two attached hydrogens (primary N) is 1. The van der Waals surface area contributed by atoms with Crippen LogP contribution in [-0.4, -0.2) is 24.0 Å². The van der Waals surface area contributed by atoms with E-state index in [-0.39, 0.29) is 17.9 Å². The first kappa shape index (κ1) is 12.8. The van der Waals surface area contributed by atoms with E-state index in [1.54, 1.807) is 12.1 Å². The zero-order valence-electron chi connectivity index (χ0n) is 10.00. The molecule has 4 heteroatoms. The molecule has 1 aromatic rings. The lowest BCUT2D eigenvalue weighted by atomic mass is 10.00. The van der Waals surface area contributed by atoms with Gasteiger partial charge in [0.05, 0.1) is 6.04 Å². The van der Waals surface area contributed by atoms with E-state index in [1.807, 2.05) is 0 Å². The summed E-state index contributed by atoms with van der Waals surface area (Å²) in [5.41, 5.74) is 6.67. The number of hydrogen-bond acceptors (Lipinski definition) is 2. The van der Waals surface area contributed by atoms with Gasteiger partial charge < -0.3 is 5.73 Å². The van der Waals surface area contributed by atoms with Gasteiger partial charge in [0, 0.05) is 23.2 Å². The van der Waals surface area contributed by atoms with Crippen LogP contribution in [0.1, 0.15) is 31.4 Å². The highest BCUT2D eigenvalue weighted by molar-refractivity contribution is 6.31. The van der Waals surface area contributed by atoms with E-state index in [9.17, 15) is 4.39 Å². The lowest BCUT2D eigenvalue weighted by Gasteiger charge is -2.27. The molecule has 0 spiro atoms. The van der Waals surface area contributed by atoms with Gasteiger partial charge in [-0.1, -0.05) is 24.6 Å². The number of likely N-dealkylation sites (tertiary alicyclic amines) is 1. The van der Waals surface area contributed by atoms with E-state index in [4.69, 9.17) is 17.3 Å². The molecule has 0 aliphatic carbocycles. The molecule has 17 heavy (non-hydrogen) atoms. The summed E-state index contributed by atoms with van der Waals surface area (Å²) in [6, 6.07) is 4.71. The van der Waals surface area contributed by atoms with Crippen molar-refractivity contribution in [1.82, 2.24) is 4.90 Å². The van der Waals surface area contributed by atoms with Crippen LogP contribution in [0.2, 0.25) is 5.02 Å². The quantitative estimate of drug-likeness (QED) is 0.901. The summed E-state index contributed by atoms with van der Waals surface area (Å²) in [4.78, 5) is 2.23. The molecule has 1 aromatic carbocycles. The Morgan fingerprint density at radius 3 is 2.94 bits per heavy atom. The molecule has 1 aliphatic heterocycles. The maximum absolute atomic E-state index is 13.9. The van der Waals surface area contributed by atoms with Gasteiger partial charge in [-0.2, -0.15) is 0 Å². The minimum absolute atomic E-state index is 0.0315. The molecule has 2 rings (SSSR count). The number of benzene rings is 1. The Morgan fingerprint density at radius 1 is 1.53 bits per heavy atom. The van der Waals surface area contributed by atoms with E-state index in [0.29, 0.717) is 10.6 Å². The predicted octanol–water partition coefficient (Wildman–Crippen LogP) is 2.96. The Bertz CT molecular complexity index is 375. The molecule has 1 aliphatic rings. The molecule has 2 atom stereocenters. The fourth-order valence-electron chi connectivity index (χ4n) is 2.61. The van der Waals surface area contributed by atoms with Crippen molar-refractivity contribution in [3.05, 3.63) is 34.6 Å². The zero-order chi connectivity index (χ0) is 12.4. The third kappa shape index (κ3) is 2.46. The number of rotatable bonds is 3. The Labute approximate surface area is 107 Å². The summed E-state index contributed by atoms with van der Waals surface area (Å²) in [5.74, 6) is -0.249. The van der Waals surface area contributed by atoms with Crippen molar-refractivity contribution in [2.75, 3.05) is 13.1 Å². The molecule has 0 saturated carbocycles.